The summed E-state index contributed by atoms with van der Waals surface area (Å²) in [6.07, 6.45) is 0.419. The maximum atomic E-state index is 11.5. The fourth-order valence-corrected chi connectivity index (χ4v) is 1.57. The molecule has 0 amide bonds. The average Bonchev–Trinajstić information content (AvgIpc) is 1.84. The molecule has 0 aliphatic rings. The van der Waals surface area contributed by atoms with Crippen LogP contribution in [0.4, 0.5) is 4.39 Å². The van der Waals surface area contributed by atoms with Crippen LogP contribution in [-0.4, -0.2) is 33.1 Å². The second kappa shape index (κ2) is 4.62. The van der Waals surface area contributed by atoms with Crippen LogP contribution in [0, 0.1) is 0 Å². The summed E-state index contributed by atoms with van der Waals surface area (Å²) >= 11 is 0. The topological polar surface area (TPSA) is 60.2 Å². The molecule has 0 spiro atoms. The SMILES string of the molecule is NCCCS(=O)(=O)CCF. The van der Waals surface area contributed by atoms with E-state index >= 15 is 0 Å². The Morgan fingerprint density at radius 2 is 1.90 bits per heavy atom. The first-order valence-corrected chi connectivity index (χ1v) is 4.91. The molecule has 0 aromatic heterocycles. The van der Waals surface area contributed by atoms with E-state index in [-0.39, 0.29) is 11.5 Å². The van der Waals surface area contributed by atoms with Gasteiger partial charge in [-0.3, -0.25) is 0 Å². The Morgan fingerprint density at radius 1 is 1.30 bits per heavy atom. The van der Waals surface area contributed by atoms with Crippen molar-refractivity contribution in [2.45, 2.75) is 6.42 Å². The number of hydrogen-bond acceptors (Lipinski definition) is 3. The van der Waals surface area contributed by atoms with Crippen molar-refractivity contribution in [2.24, 2.45) is 5.73 Å². The highest BCUT2D eigenvalue weighted by Crippen LogP contribution is 1.92. The molecule has 5 heteroatoms. The molecule has 0 radical (unpaired) electrons. The maximum Gasteiger partial charge on any atom is 0.152 e. The van der Waals surface area contributed by atoms with Gasteiger partial charge in [-0.1, -0.05) is 0 Å². The maximum absolute atomic E-state index is 11.5. The van der Waals surface area contributed by atoms with Crippen LogP contribution in [0.25, 0.3) is 0 Å². The third kappa shape index (κ3) is 4.69. The van der Waals surface area contributed by atoms with Gasteiger partial charge < -0.3 is 5.73 Å². The van der Waals surface area contributed by atoms with Crippen LogP contribution in [-0.2, 0) is 9.84 Å². The molecule has 0 aromatic rings. The van der Waals surface area contributed by atoms with E-state index in [1.165, 1.54) is 0 Å². The van der Waals surface area contributed by atoms with Gasteiger partial charge in [0.25, 0.3) is 0 Å². The first-order valence-electron chi connectivity index (χ1n) is 3.09. The fourth-order valence-electron chi connectivity index (χ4n) is 0.523. The number of hydrogen-bond donors (Lipinski definition) is 1. The highest BCUT2D eigenvalue weighted by molar-refractivity contribution is 7.91. The largest absolute Gasteiger partial charge is 0.330 e. The smallest absolute Gasteiger partial charge is 0.152 e. The summed E-state index contributed by atoms with van der Waals surface area (Å²) in [4.78, 5) is 0. The Hall–Kier alpha value is -0.160. The molecule has 2 N–H and O–H groups in total. The van der Waals surface area contributed by atoms with E-state index in [4.69, 9.17) is 5.73 Å². The highest BCUT2D eigenvalue weighted by Gasteiger charge is 2.08. The van der Waals surface area contributed by atoms with E-state index in [0.29, 0.717) is 13.0 Å². The molecule has 0 atom stereocenters. The second-order valence-corrected chi connectivity index (χ2v) is 4.29. The van der Waals surface area contributed by atoms with Crippen molar-refractivity contribution in [3.8, 4) is 0 Å². The number of sulfone groups is 1. The third-order valence-electron chi connectivity index (χ3n) is 1.05. The van der Waals surface area contributed by atoms with E-state index in [0.717, 1.165) is 0 Å². The lowest BCUT2D eigenvalue weighted by atomic mass is 10.5. The predicted octanol–water partition coefficient (Wildman–Crippen LogP) is -0.280. The Bertz CT molecular complexity index is 166. The van der Waals surface area contributed by atoms with E-state index in [1.807, 2.05) is 0 Å². The van der Waals surface area contributed by atoms with E-state index in [1.54, 1.807) is 0 Å². The Morgan fingerprint density at radius 3 is 2.30 bits per heavy atom. The van der Waals surface area contributed by atoms with Crippen LogP contribution >= 0.6 is 0 Å². The normalized spacial score (nSPS) is 11.8. The van der Waals surface area contributed by atoms with Gasteiger partial charge in [0, 0.05) is 0 Å². The monoisotopic (exact) mass is 169 g/mol. The zero-order valence-electron chi connectivity index (χ0n) is 5.72. The van der Waals surface area contributed by atoms with Gasteiger partial charge in [0.15, 0.2) is 9.84 Å². The molecule has 0 saturated carbocycles. The van der Waals surface area contributed by atoms with Crippen molar-refractivity contribution in [1.29, 1.82) is 0 Å². The quantitative estimate of drug-likeness (QED) is 0.615. The summed E-state index contributed by atoms with van der Waals surface area (Å²) in [5.74, 6) is -0.361. The summed E-state index contributed by atoms with van der Waals surface area (Å²) < 4.78 is 32.9. The van der Waals surface area contributed by atoms with Crippen LogP contribution in [0.3, 0.4) is 0 Å². The lowest BCUT2D eigenvalue weighted by molar-refractivity contribution is 0.516. The Kier molecular flexibility index (Phi) is 4.55. The Labute approximate surface area is 60.3 Å². The number of alkyl halides is 1. The van der Waals surface area contributed by atoms with Crippen LogP contribution < -0.4 is 5.73 Å². The van der Waals surface area contributed by atoms with Gasteiger partial charge in [0.2, 0.25) is 0 Å². The lowest BCUT2D eigenvalue weighted by Gasteiger charge is -1.97. The van der Waals surface area contributed by atoms with Crippen LogP contribution in [0.5, 0.6) is 0 Å². The van der Waals surface area contributed by atoms with Gasteiger partial charge in [-0.2, -0.15) is 0 Å². The van der Waals surface area contributed by atoms with Gasteiger partial charge in [-0.05, 0) is 13.0 Å². The van der Waals surface area contributed by atoms with Crippen LogP contribution in [0.2, 0.25) is 0 Å². The summed E-state index contributed by atoms with van der Waals surface area (Å²) in [5, 5.41) is 0. The van der Waals surface area contributed by atoms with Gasteiger partial charge in [0.1, 0.15) is 6.67 Å². The average molecular weight is 169 g/mol. The molecule has 0 aromatic carbocycles. The van der Waals surface area contributed by atoms with Crippen LogP contribution in [0.15, 0.2) is 0 Å². The number of halogens is 1. The predicted molar refractivity (Wildman–Crippen MR) is 38.3 cm³/mol. The second-order valence-electron chi connectivity index (χ2n) is 1.98. The molecule has 0 aliphatic heterocycles. The minimum Gasteiger partial charge on any atom is -0.330 e. The van der Waals surface area contributed by atoms with Gasteiger partial charge in [-0.25, -0.2) is 12.8 Å². The van der Waals surface area contributed by atoms with Gasteiger partial charge >= 0.3 is 0 Å². The molecule has 10 heavy (non-hydrogen) atoms. The van der Waals surface area contributed by atoms with Crippen LogP contribution in [0.1, 0.15) is 6.42 Å². The zero-order valence-corrected chi connectivity index (χ0v) is 6.53. The summed E-state index contributed by atoms with van der Waals surface area (Å²) in [5.41, 5.74) is 5.07. The Balaban J connectivity index is 3.65. The molecule has 0 unspecified atom stereocenters. The molecule has 0 rings (SSSR count). The van der Waals surface area contributed by atoms with Crippen molar-refractivity contribution < 1.29 is 12.8 Å². The zero-order chi connectivity index (χ0) is 8.04. The summed E-state index contributed by atoms with van der Waals surface area (Å²) in [7, 11) is -3.15. The first kappa shape index (κ1) is 9.84. The minimum absolute atomic E-state index is 0.00736. The van der Waals surface area contributed by atoms with E-state index < -0.39 is 16.5 Å². The molecule has 0 bridgehead atoms. The lowest BCUT2D eigenvalue weighted by Crippen LogP contribution is -2.15. The summed E-state index contributed by atoms with van der Waals surface area (Å²) in [6, 6.07) is 0. The third-order valence-corrected chi connectivity index (χ3v) is 2.73. The molecular formula is C5H12FNO2S. The van der Waals surface area contributed by atoms with E-state index in [2.05, 4.69) is 0 Å². The molecule has 62 valence electrons. The van der Waals surface area contributed by atoms with Crippen molar-refractivity contribution in [3.63, 3.8) is 0 Å². The van der Waals surface area contributed by atoms with Crippen molar-refractivity contribution in [3.05, 3.63) is 0 Å². The molecule has 3 nitrogen and oxygen atoms in total. The molecule has 0 fully saturated rings. The summed E-state index contributed by atoms with van der Waals surface area (Å²) in [6.45, 7) is -0.460. The number of nitrogens with two attached hydrogens (primary N) is 1. The highest BCUT2D eigenvalue weighted by atomic mass is 32.2. The number of rotatable bonds is 5. The molecule has 0 saturated heterocycles. The van der Waals surface area contributed by atoms with E-state index in [9.17, 15) is 12.8 Å². The van der Waals surface area contributed by atoms with Gasteiger partial charge in [0.05, 0.1) is 11.5 Å². The van der Waals surface area contributed by atoms with Gasteiger partial charge in [-0.15, -0.1) is 0 Å². The van der Waals surface area contributed by atoms with Crippen molar-refractivity contribution in [1.82, 2.24) is 0 Å². The standard InChI is InChI=1S/C5H12FNO2S/c6-2-5-10(8,9)4-1-3-7/h1-5,7H2. The molecule has 0 aliphatic carbocycles. The van der Waals surface area contributed by atoms with Crippen molar-refractivity contribution >= 4 is 9.84 Å². The molecule has 0 heterocycles. The first-order chi connectivity index (χ1) is 4.62. The fraction of sp³-hybridized carbons (Fsp3) is 1.00. The van der Waals surface area contributed by atoms with Crippen molar-refractivity contribution in [2.75, 3.05) is 24.7 Å². The minimum atomic E-state index is -3.15. The molecular weight excluding hydrogens is 157 g/mol.